The van der Waals surface area contributed by atoms with Crippen molar-refractivity contribution in [1.82, 2.24) is 0 Å². The van der Waals surface area contributed by atoms with E-state index in [9.17, 15) is 10.2 Å². The second kappa shape index (κ2) is 2.93. The summed E-state index contributed by atoms with van der Waals surface area (Å²) in [5.41, 5.74) is 0.455. The highest BCUT2D eigenvalue weighted by Gasteiger charge is 2.34. The SMILES string of the molecule is C=C1C(O)C(C)OC(C)C1O. The average molecular weight is 158 g/mol. The zero-order chi connectivity index (χ0) is 8.59. The van der Waals surface area contributed by atoms with Crippen LogP contribution in [-0.2, 0) is 4.74 Å². The fraction of sp³-hybridized carbons (Fsp3) is 0.750. The van der Waals surface area contributed by atoms with Crippen LogP contribution in [0, 0.1) is 0 Å². The molecule has 4 atom stereocenters. The standard InChI is InChI=1S/C8H14O3/c1-4-7(9)5(2)11-6(3)8(4)10/h5-10H,1H2,2-3H3. The lowest BCUT2D eigenvalue weighted by molar-refractivity contribution is -0.122. The van der Waals surface area contributed by atoms with E-state index in [0.29, 0.717) is 5.57 Å². The number of aliphatic hydroxyl groups is 2. The van der Waals surface area contributed by atoms with Crippen molar-refractivity contribution in [1.29, 1.82) is 0 Å². The van der Waals surface area contributed by atoms with Crippen LogP contribution in [0.25, 0.3) is 0 Å². The molecule has 0 radical (unpaired) electrons. The monoisotopic (exact) mass is 158 g/mol. The largest absolute Gasteiger partial charge is 0.386 e. The molecule has 64 valence electrons. The Morgan fingerprint density at radius 1 is 1.18 bits per heavy atom. The molecule has 0 aromatic heterocycles. The number of ether oxygens (including phenoxy) is 1. The fourth-order valence-electron chi connectivity index (χ4n) is 1.27. The normalized spacial score (nSPS) is 46.0. The third-order valence-electron chi connectivity index (χ3n) is 2.08. The van der Waals surface area contributed by atoms with Gasteiger partial charge in [0.25, 0.3) is 0 Å². The molecule has 0 bridgehead atoms. The van der Waals surface area contributed by atoms with E-state index >= 15 is 0 Å². The molecule has 1 saturated heterocycles. The first-order valence-electron chi connectivity index (χ1n) is 3.74. The zero-order valence-electron chi connectivity index (χ0n) is 6.82. The minimum atomic E-state index is -0.735. The number of aliphatic hydroxyl groups excluding tert-OH is 2. The van der Waals surface area contributed by atoms with Crippen LogP contribution in [0.4, 0.5) is 0 Å². The zero-order valence-corrected chi connectivity index (χ0v) is 6.82. The van der Waals surface area contributed by atoms with Crippen LogP contribution in [0.5, 0.6) is 0 Å². The van der Waals surface area contributed by atoms with Gasteiger partial charge in [0, 0.05) is 0 Å². The molecule has 3 heteroatoms. The van der Waals surface area contributed by atoms with Crippen LogP contribution in [0.2, 0.25) is 0 Å². The molecule has 1 aliphatic rings. The van der Waals surface area contributed by atoms with E-state index in [1.807, 2.05) is 0 Å². The third kappa shape index (κ3) is 1.45. The first-order valence-corrected chi connectivity index (χ1v) is 3.74. The summed E-state index contributed by atoms with van der Waals surface area (Å²) in [6.45, 7) is 7.12. The van der Waals surface area contributed by atoms with E-state index in [1.165, 1.54) is 0 Å². The van der Waals surface area contributed by atoms with Crippen LogP contribution >= 0.6 is 0 Å². The Balaban J connectivity index is 2.71. The van der Waals surface area contributed by atoms with Crippen molar-refractivity contribution in [3.05, 3.63) is 12.2 Å². The molecule has 1 aliphatic heterocycles. The van der Waals surface area contributed by atoms with Crippen molar-refractivity contribution in [3.63, 3.8) is 0 Å². The van der Waals surface area contributed by atoms with Gasteiger partial charge in [-0.25, -0.2) is 0 Å². The third-order valence-corrected chi connectivity index (χ3v) is 2.08. The number of hydrogen-bond acceptors (Lipinski definition) is 3. The first-order chi connectivity index (χ1) is 5.04. The quantitative estimate of drug-likeness (QED) is 0.490. The lowest BCUT2D eigenvalue weighted by Gasteiger charge is -2.35. The molecule has 1 rings (SSSR count). The van der Waals surface area contributed by atoms with Crippen LogP contribution in [0.15, 0.2) is 12.2 Å². The van der Waals surface area contributed by atoms with Gasteiger partial charge < -0.3 is 14.9 Å². The Labute approximate surface area is 66.3 Å². The van der Waals surface area contributed by atoms with E-state index in [-0.39, 0.29) is 12.2 Å². The maximum atomic E-state index is 9.35. The first kappa shape index (κ1) is 8.71. The molecule has 3 nitrogen and oxygen atoms in total. The molecular weight excluding hydrogens is 144 g/mol. The molecule has 0 spiro atoms. The van der Waals surface area contributed by atoms with Crippen LogP contribution in [-0.4, -0.2) is 34.6 Å². The van der Waals surface area contributed by atoms with E-state index < -0.39 is 12.2 Å². The smallest absolute Gasteiger partial charge is 0.103 e. The van der Waals surface area contributed by atoms with Crippen molar-refractivity contribution in [2.24, 2.45) is 0 Å². The Bertz CT molecular complexity index is 151. The molecule has 0 saturated carbocycles. The van der Waals surface area contributed by atoms with Crippen LogP contribution in [0.1, 0.15) is 13.8 Å². The predicted molar refractivity (Wildman–Crippen MR) is 41.2 cm³/mol. The maximum absolute atomic E-state index is 9.35. The van der Waals surface area contributed by atoms with Crippen molar-refractivity contribution < 1.29 is 14.9 Å². The van der Waals surface area contributed by atoms with E-state index in [4.69, 9.17) is 4.74 Å². The number of hydrogen-bond donors (Lipinski definition) is 2. The van der Waals surface area contributed by atoms with Crippen molar-refractivity contribution in [2.75, 3.05) is 0 Å². The highest BCUT2D eigenvalue weighted by atomic mass is 16.5. The summed E-state index contributed by atoms with van der Waals surface area (Å²) in [7, 11) is 0. The number of rotatable bonds is 0. The van der Waals surface area contributed by atoms with Gasteiger partial charge in [0.1, 0.15) is 12.2 Å². The molecule has 1 fully saturated rings. The summed E-state index contributed by atoms with van der Waals surface area (Å²) in [5.74, 6) is 0. The topological polar surface area (TPSA) is 49.7 Å². The van der Waals surface area contributed by atoms with Crippen molar-refractivity contribution in [3.8, 4) is 0 Å². The fourth-order valence-corrected chi connectivity index (χ4v) is 1.27. The summed E-state index contributed by atoms with van der Waals surface area (Å²) >= 11 is 0. The summed E-state index contributed by atoms with van der Waals surface area (Å²) in [6, 6.07) is 0. The highest BCUT2D eigenvalue weighted by molar-refractivity contribution is 5.14. The average Bonchev–Trinajstić information content (AvgIpc) is 1.97. The van der Waals surface area contributed by atoms with Crippen LogP contribution in [0.3, 0.4) is 0 Å². The molecule has 2 N–H and O–H groups in total. The van der Waals surface area contributed by atoms with Gasteiger partial charge in [-0.05, 0) is 19.4 Å². The van der Waals surface area contributed by atoms with Gasteiger partial charge in [0.15, 0.2) is 0 Å². The van der Waals surface area contributed by atoms with Gasteiger partial charge in [-0.15, -0.1) is 0 Å². The minimum Gasteiger partial charge on any atom is -0.386 e. The summed E-state index contributed by atoms with van der Waals surface area (Å²) in [6.07, 6.45) is -2.00. The molecule has 1 heterocycles. The molecule has 4 unspecified atom stereocenters. The van der Waals surface area contributed by atoms with Gasteiger partial charge in [-0.3, -0.25) is 0 Å². The second-order valence-electron chi connectivity index (χ2n) is 3.01. The Hall–Kier alpha value is -0.380. The van der Waals surface area contributed by atoms with E-state index in [1.54, 1.807) is 13.8 Å². The minimum absolute atomic E-state index is 0.263. The molecule has 0 aromatic rings. The molecule has 0 amide bonds. The van der Waals surface area contributed by atoms with Gasteiger partial charge in [0.2, 0.25) is 0 Å². The van der Waals surface area contributed by atoms with Gasteiger partial charge in [0.05, 0.1) is 12.2 Å². The van der Waals surface area contributed by atoms with Gasteiger partial charge >= 0.3 is 0 Å². The van der Waals surface area contributed by atoms with Crippen molar-refractivity contribution in [2.45, 2.75) is 38.3 Å². The van der Waals surface area contributed by atoms with Crippen molar-refractivity contribution >= 4 is 0 Å². The summed E-state index contributed by atoms with van der Waals surface area (Å²) < 4.78 is 5.22. The Morgan fingerprint density at radius 3 is 1.91 bits per heavy atom. The highest BCUT2D eigenvalue weighted by Crippen LogP contribution is 2.23. The summed E-state index contributed by atoms with van der Waals surface area (Å²) in [5, 5.41) is 18.7. The van der Waals surface area contributed by atoms with E-state index in [0.717, 1.165) is 0 Å². The Kier molecular flexibility index (Phi) is 2.32. The second-order valence-corrected chi connectivity index (χ2v) is 3.01. The lowest BCUT2D eigenvalue weighted by Crippen LogP contribution is -2.46. The van der Waals surface area contributed by atoms with E-state index in [2.05, 4.69) is 6.58 Å². The molecular formula is C8H14O3. The molecule has 0 aliphatic carbocycles. The summed E-state index contributed by atoms with van der Waals surface area (Å²) in [4.78, 5) is 0. The predicted octanol–water partition coefficient (Wildman–Crippen LogP) is 0.0716. The Morgan fingerprint density at radius 2 is 1.55 bits per heavy atom. The molecule has 11 heavy (non-hydrogen) atoms. The lowest BCUT2D eigenvalue weighted by atomic mass is 9.95. The van der Waals surface area contributed by atoms with Gasteiger partial charge in [-0.2, -0.15) is 0 Å². The van der Waals surface area contributed by atoms with Crippen LogP contribution < -0.4 is 0 Å². The maximum Gasteiger partial charge on any atom is 0.103 e. The molecule has 0 aromatic carbocycles. The van der Waals surface area contributed by atoms with Gasteiger partial charge in [-0.1, -0.05) is 6.58 Å².